The Hall–Kier alpha value is -1.51. The Kier molecular flexibility index (Phi) is 4.46. The minimum absolute atomic E-state index is 0.535. The molecule has 0 atom stereocenters. The zero-order chi connectivity index (χ0) is 13.8. The molecule has 2 nitrogen and oxygen atoms in total. The van der Waals surface area contributed by atoms with Crippen molar-refractivity contribution in [1.29, 1.82) is 0 Å². The number of carbonyl (C=O) groups is 1. The SMILES string of the molecule is CN(Cc1cccc(C=O)c1)c1ccc(Cl)c(Cl)c1. The van der Waals surface area contributed by atoms with Gasteiger partial charge in [0.2, 0.25) is 0 Å². The number of benzene rings is 2. The fraction of sp³-hybridized carbons (Fsp3) is 0.133. The second-order valence-electron chi connectivity index (χ2n) is 4.32. The molecule has 0 radical (unpaired) electrons. The molecule has 0 aliphatic rings. The molecule has 0 saturated heterocycles. The zero-order valence-electron chi connectivity index (χ0n) is 10.4. The van der Waals surface area contributed by atoms with Crippen LogP contribution < -0.4 is 4.90 Å². The van der Waals surface area contributed by atoms with Gasteiger partial charge in [-0.1, -0.05) is 41.4 Å². The second kappa shape index (κ2) is 6.09. The van der Waals surface area contributed by atoms with E-state index in [0.29, 0.717) is 22.2 Å². The highest BCUT2D eigenvalue weighted by Gasteiger charge is 2.05. The van der Waals surface area contributed by atoms with E-state index in [2.05, 4.69) is 0 Å². The Balaban J connectivity index is 2.17. The molecule has 0 fully saturated rings. The van der Waals surface area contributed by atoms with E-state index in [-0.39, 0.29) is 0 Å². The Morgan fingerprint density at radius 2 is 1.89 bits per heavy atom. The molecular formula is C15H13Cl2NO. The summed E-state index contributed by atoms with van der Waals surface area (Å²) in [5.74, 6) is 0. The predicted octanol–water partition coefficient (Wildman–Crippen LogP) is 4.44. The summed E-state index contributed by atoms with van der Waals surface area (Å²) in [5, 5.41) is 1.08. The van der Waals surface area contributed by atoms with Gasteiger partial charge in [-0.15, -0.1) is 0 Å². The maximum atomic E-state index is 10.8. The quantitative estimate of drug-likeness (QED) is 0.777. The van der Waals surface area contributed by atoms with E-state index in [1.807, 2.05) is 42.3 Å². The summed E-state index contributed by atoms with van der Waals surface area (Å²) >= 11 is 11.9. The van der Waals surface area contributed by atoms with Gasteiger partial charge in [0, 0.05) is 24.8 Å². The van der Waals surface area contributed by atoms with Gasteiger partial charge in [0.1, 0.15) is 6.29 Å². The van der Waals surface area contributed by atoms with E-state index in [9.17, 15) is 4.79 Å². The maximum Gasteiger partial charge on any atom is 0.150 e. The van der Waals surface area contributed by atoms with Crippen LogP contribution in [0.4, 0.5) is 5.69 Å². The lowest BCUT2D eigenvalue weighted by molar-refractivity contribution is 0.112. The molecule has 0 unspecified atom stereocenters. The van der Waals surface area contributed by atoms with Crippen LogP contribution in [0.1, 0.15) is 15.9 Å². The van der Waals surface area contributed by atoms with Crippen LogP contribution in [0.3, 0.4) is 0 Å². The molecule has 2 aromatic rings. The maximum absolute atomic E-state index is 10.8. The summed E-state index contributed by atoms with van der Waals surface area (Å²) in [4.78, 5) is 12.8. The van der Waals surface area contributed by atoms with E-state index < -0.39 is 0 Å². The van der Waals surface area contributed by atoms with Gasteiger partial charge in [-0.2, -0.15) is 0 Å². The van der Waals surface area contributed by atoms with Crippen LogP contribution in [0.25, 0.3) is 0 Å². The lowest BCUT2D eigenvalue weighted by atomic mass is 10.1. The van der Waals surface area contributed by atoms with Crippen LogP contribution >= 0.6 is 23.2 Å². The third-order valence-corrected chi connectivity index (χ3v) is 3.59. The molecule has 0 bridgehead atoms. The smallest absolute Gasteiger partial charge is 0.150 e. The Labute approximate surface area is 122 Å². The molecule has 19 heavy (non-hydrogen) atoms. The molecule has 0 amide bonds. The number of halogens is 2. The summed E-state index contributed by atoms with van der Waals surface area (Å²) in [5.41, 5.74) is 2.73. The van der Waals surface area contributed by atoms with Crippen LogP contribution in [-0.2, 0) is 6.54 Å². The highest BCUT2D eigenvalue weighted by Crippen LogP contribution is 2.27. The average molecular weight is 294 g/mol. The molecule has 0 aromatic heterocycles. The van der Waals surface area contributed by atoms with Gasteiger partial charge >= 0.3 is 0 Å². The van der Waals surface area contributed by atoms with Gasteiger partial charge < -0.3 is 4.90 Å². The van der Waals surface area contributed by atoms with E-state index >= 15 is 0 Å². The molecule has 0 N–H and O–H groups in total. The summed E-state index contributed by atoms with van der Waals surface area (Å²) < 4.78 is 0. The van der Waals surface area contributed by atoms with Crippen molar-refractivity contribution in [2.75, 3.05) is 11.9 Å². The summed E-state index contributed by atoms with van der Waals surface area (Å²) in [7, 11) is 1.97. The Morgan fingerprint density at radius 1 is 1.11 bits per heavy atom. The highest BCUT2D eigenvalue weighted by atomic mass is 35.5. The van der Waals surface area contributed by atoms with Crippen LogP contribution in [0.5, 0.6) is 0 Å². The van der Waals surface area contributed by atoms with Gasteiger partial charge in [-0.3, -0.25) is 4.79 Å². The van der Waals surface area contributed by atoms with Crippen molar-refractivity contribution in [3.63, 3.8) is 0 Å². The second-order valence-corrected chi connectivity index (χ2v) is 5.13. The minimum atomic E-state index is 0.535. The van der Waals surface area contributed by atoms with E-state index in [4.69, 9.17) is 23.2 Å². The molecule has 0 heterocycles. The number of aldehydes is 1. The van der Waals surface area contributed by atoms with Crippen molar-refractivity contribution in [3.05, 3.63) is 63.6 Å². The van der Waals surface area contributed by atoms with Crippen LogP contribution in [0.15, 0.2) is 42.5 Å². The highest BCUT2D eigenvalue weighted by molar-refractivity contribution is 6.42. The monoisotopic (exact) mass is 293 g/mol. The lowest BCUT2D eigenvalue weighted by Gasteiger charge is -2.20. The fourth-order valence-corrected chi connectivity index (χ4v) is 2.14. The standard InChI is InChI=1S/C15H13Cl2NO/c1-18(13-5-6-14(16)15(17)8-13)9-11-3-2-4-12(7-11)10-19/h2-8,10H,9H2,1H3. The summed E-state index contributed by atoms with van der Waals surface area (Å²) in [6.07, 6.45) is 0.850. The molecule has 2 rings (SSSR count). The Morgan fingerprint density at radius 3 is 2.58 bits per heavy atom. The predicted molar refractivity (Wildman–Crippen MR) is 80.4 cm³/mol. The van der Waals surface area contributed by atoms with Crippen LogP contribution in [-0.4, -0.2) is 13.3 Å². The van der Waals surface area contributed by atoms with Gasteiger partial charge in [0.05, 0.1) is 10.0 Å². The minimum Gasteiger partial charge on any atom is -0.370 e. The molecular weight excluding hydrogens is 281 g/mol. The molecule has 0 spiro atoms. The van der Waals surface area contributed by atoms with E-state index in [1.165, 1.54) is 0 Å². The lowest BCUT2D eigenvalue weighted by Crippen LogP contribution is -2.16. The van der Waals surface area contributed by atoms with Crippen molar-refractivity contribution < 1.29 is 4.79 Å². The largest absolute Gasteiger partial charge is 0.370 e. The molecule has 2 aromatic carbocycles. The Bertz CT molecular complexity index is 598. The first-order valence-electron chi connectivity index (χ1n) is 5.80. The molecule has 98 valence electrons. The number of hydrogen-bond acceptors (Lipinski definition) is 2. The van der Waals surface area contributed by atoms with Crippen molar-refractivity contribution in [2.45, 2.75) is 6.54 Å². The molecule has 4 heteroatoms. The van der Waals surface area contributed by atoms with Crippen molar-refractivity contribution in [1.82, 2.24) is 0 Å². The van der Waals surface area contributed by atoms with Gasteiger partial charge in [-0.05, 0) is 29.8 Å². The fourth-order valence-electron chi connectivity index (χ4n) is 1.85. The number of hydrogen-bond donors (Lipinski definition) is 0. The van der Waals surface area contributed by atoms with Gasteiger partial charge in [0.25, 0.3) is 0 Å². The van der Waals surface area contributed by atoms with Crippen molar-refractivity contribution >= 4 is 35.2 Å². The third-order valence-electron chi connectivity index (χ3n) is 2.85. The molecule has 0 saturated carbocycles. The summed E-state index contributed by atoms with van der Waals surface area (Å²) in [6.45, 7) is 0.694. The summed E-state index contributed by atoms with van der Waals surface area (Å²) in [6, 6.07) is 13.0. The number of carbonyl (C=O) groups excluding carboxylic acids is 1. The molecule has 0 aliphatic heterocycles. The van der Waals surface area contributed by atoms with Gasteiger partial charge in [0.15, 0.2) is 0 Å². The topological polar surface area (TPSA) is 20.3 Å². The average Bonchev–Trinajstić information content (AvgIpc) is 2.42. The first-order valence-corrected chi connectivity index (χ1v) is 6.56. The van der Waals surface area contributed by atoms with Crippen LogP contribution in [0, 0.1) is 0 Å². The number of nitrogens with zero attached hydrogens (tertiary/aromatic N) is 1. The number of rotatable bonds is 4. The number of anilines is 1. The van der Waals surface area contributed by atoms with E-state index in [1.54, 1.807) is 12.1 Å². The third kappa shape index (κ3) is 3.49. The van der Waals surface area contributed by atoms with Gasteiger partial charge in [-0.25, -0.2) is 0 Å². The van der Waals surface area contributed by atoms with E-state index in [0.717, 1.165) is 17.5 Å². The first-order chi connectivity index (χ1) is 9.10. The molecule has 0 aliphatic carbocycles. The zero-order valence-corrected chi connectivity index (χ0v) is 11.9. The van der Waals surface area contributed by atoms with Crippen molar-refractivity contribution in [3.8, 4) is 0 Å². The normalized spacial score (nSPS) is 10.3. The van der Waals surface area contributed by atoms with Crippen LogP contribution in [0.2, 0.25) is 10.0 Å². The van der Waals surface area contributed by atoms with Crippen molar-refractivity contribution in [2.24, 2.45) is 0 Å². The first kappa shape index (κ1) is 13.9.